The van der Waals surface area contributed by atoms with E-state index in [0.717, 1.165) is 6.07 Å². The molecule has 20 heavy (non-hydrogen) atoms. The molecule has 0 amide bonds. The van der Waals surface area contributed by atoms with E-state index in [9.17, 15) is 17.6 Å². The van der Waals surface area contributed by atoms with E-state index in [1.165, 1.54) is 12.1 Å². The highest BCUT2D eigenvalue weighted by Crippen LogP contribution is 2.40. The molecule has 1 heterocycles. The molecule has 0 unspecified atom stereocenters. The molecular weight excluding hydrogens is 296 g/mol. The molecule has 0 saturated carbocycles. The molecule has 1 aromatic carbocycles. The van der Waals surface area contributed by atoms with E-state index >= 15 is 0 Å². The Labute approximate surface area is 119 Å². The SMILES string of the molecule is FC[C@@H](c1c(Cl)cccc1C(F)(F)F)N1CCNCC1. The average molecular weight is 311 g/mol. The van der Waals surface area contributed by atoms with Crippen molar-refractivity contribution in [1.82, 2.24) is 10.2 Å². The van der Waals surface area contributed by atoms with Crippen LogP contribution in [-0.4, -0.2) is 37.8 Å². The van der Waals surface area contributed by atoms with Crippen molar-refractivity contribution in [2.75, 3.05) is 32.9 Å². The van der Waals surface area contributed by atoms with Gasteiger partial charge < -0.3 is 5.32 Å². The quantitative estimate of drug-likeness (QED) is 0.862. The summed E-state index contributed by atoms with van der Waals surface area (Å²) in [5.41, 5.74) is -1.02. The van der Waals surface area contributed by atoms with Gasteiger partial charge in [-0.15, -0.1) is 0 Å². The highest BCUT2D eigenvalue weighted by molar-refractivity contribution is 6.31. The van der Waals surface area contributed by atoms with E-state index in [1.807, 2.05) is 0 Å². The monoisotopic (exact) mass is 310 g/mol. The molecule has 0 aliphatic carbocycles. The summed E-state index contributed by atoms with van der Waals surface area (Å²) < 4.78 is 52.6. The Hall–Kier alpha value is -0.850. The van der Waals surface area contributed by atoms with E-state index < -0.39 is 24.5 Å². The third-order valence-corrected chi connectivity index (χ3v) is 3.76. The lowest BCUT2D eigenvalue weighted by Gasteiger charge is -2.35. The number of hydrogen-bond acceptors (Lipinski definition) is 2. The topological polar surface area (TPSA) is 15.3 Å². The van der Waals surface area contributed by atoms with Crippen LogP contribution in [0.4, 0.5) is 17.6 Å². The van der Waals surface area contributed by atoms with E-state index in [4.69, 9.17) is 11.6 Å². The summed E-state index contributed by atoms with van der Waals surface area (Å²) in [5, 5.41) is 3.04. The van der Waals surface area contributed by atoms with E-state index in [-0.39, 0.29) is 10.6 Å². The molecule has 2 rings (SSSR count). The first kappa shape index (κ1) is 15.5. The number of alkyl halides is 4. The zero-order valence-electron chi connectivity index (χ0n) is 10.7. The number of rotatable bonds is 3. The zero-order chi connectivity index (χ0) is 14.8. The Morgan fingerprint density at radius 2 is 1.90 bits per heavy atom. The summed E-state index contributed by atoms with van der Waals surface area (Å²) in [6.07, 6.45) is -4.54. The van der Waals surface area contributed by atoms with Crippen LogP contribution in [0.5, 0.6) is 0 Å². The van der Waals surface area contributed by atoms with Gasteiger partial charge >= 0.3 is 6.18 Å². The van der Waals surface area contributed by atoms with Crippen molar-refractivity contribution in [3.63, 3.8) is 0 Å². The number of nitrogens with one attached hydrogen (secondary N) is 1. The molecule has 1 atom stereocenters. The molecule has 0 radical (unpaired) electrons. The fourth-order valence-corrected chi connectivity index (χ4v) is 2.77. The minimum Gasteiger partial charge on any atom is -0.314 e. The fourth-order valence-electron chi connectivity index (χ4n) is 2.47. The Morgan fingerprint density at radius 3 is 2.45 bits per heavy atom. The van der Waals surface area contributed by atoms with Crippen LogP contribution in [0.2, 0.25) is 5.02 Å². The van der Waals surface area contributed by atoms with Gasteiger partial charge in [0.25, 0.3) is 0 Å². The average Bonchev–Trinajstić information content (AvgIpc) is 2.41. The van der Waals surface area contributed by atoms with Crippen molar-refractivity contribution in [2.45, 2.75) is 12.2 Å². The van der Waals surface area contributed by atoms with Crippen molar-refractivity contribution in [2.24, 2.45) is 0 Å². The molecule has 1 fully saturated rings. The number of hydrogen-bond donors (Lipinski definition) is 1. The lowest BCUT2D eigenvalue weighted by atomic mass is 9.98. The predicted octanol–water partition coefficient (Wildman–Crippen LogP) is 3.27. The van der Waals surface area contributed by atoms with Crippen LogP contribution in [0, 0.1) is 0 Å². The van der Waals surface area contributed by atoms with Crippen molar-refractivity contribution in [1.29, 1.82) is 0 Å². The molecule has 1 N–H and O–H groups in total. The molecule has 1 aliphatic heterocycles. The van der Waals surface area contributed by atoms with E-state index in [0.29, 0.717) is 26.2 Å². The lowest BCUT2D eigenvalue weighted by molar-refractivity contribution is -0.138. The summed E-state index contributed by atoms with van der Waals surface area (Å²) in [6, 6.07) is 2.60. The molecule has 0 spiro atoms. The Bertz CT molecular complexity index is 458. The second-order valence-corrected chi connectivity index (χ2v) is 5.06. The van der Waals surface area contributed by atoms with Gasteiger partial charge in [-0.25, -0.2) is 4.39 Å². The van der Waals surface area contributed by atoms with Crippen LogP contribution in [0.1, 0.15) is 17.2 Å². The van der Waals surface area contributed by atoms with Gasteiger partial charge in [-0.05, 0) is 12.1 Å². The maximum Gasteiger partial charge on any atom is 0.416 e. The predicted molar refractivity (Wildman–Crippen MR) is 69.6 cm³/mol. The maximum absolute atomic E-state index is 13.4. The van der Waals surface area contributed by atoms with Crippen molar-refractivity contribution in [3.8, 4) is 0 Å². The highest BCUT2D eigenvalue weighted by Gasteiger charge is 2.38. The smallest absolute Gasteiger partial charge is 0.314 e. The van der Waals surface area contributed by atoms with Crippen LogP contribution in [0.3, 0.4) is 0 Å². The van der Waals surface area contributed by atoms with Gasteiger partial charge in [0.1, 0.15) is 6.67 Å². The third-order valence-electron chi connectivity index (χ3n) is 3.43. The van der Waals surface area contributed by atoms with Gasteiger partial charge in [0.05, 0.1) is 11.6 Å². The number of nitrogens with zero attached hydrogens (tertiary/aromatic N) is 1. The molecule has 112 valence electrons. The standard InChI is InChI=1S/C13H15ClF4N2/c14-10-3-1-2-9(13(16,17)18)12(10)11(8-15)20-6-4-19-5-7-20/h1-3,11,19H,4-8H2/t11-/m0/s1. The molecule has 2 nitrogen and oxygen atoms in total. The molecule has 0 aromatic heterocycles. The van der Waals surface area contributed by atoms with Crippen molar-refractivity contribution >= 4 is 11.6 Å². The normalized spacial score (nSPS) is 19.1. The van der Waals surface area contributed by atoms with Crippen LogP contribution < -0.4 is 5.32 Å². The van der Waals surface area contributed by atoms with Gasteiger partial charge in [0.15, 0.2) is 0 Å². The molecule has 0 bridgehead atoms. The summed E-state index contributed by atoms with van der Waals surface area (Å²) >= 11 is 5.92. The summed E-state index contributed by atoms with van der Waals surface area (Å²) in [6.45, 7) is 1.35. The van der Waals surface area contributed by atoms with Crippen molar-refractivity contribution in [3.05, 3.63) is 34.3 Å². The highest BCUT2D eigenvalue weighted by atomic mass is 35.5. The Morgan fingerprint density at radius 1 is 1.25 bits per heavy atom. The summed E-state index contributed by atoms with van der Waals surface area (Å²) in [7, 11) is 0. The lowest BCUT2D eigenvalue weighted by Crippen LogP contribution is -2.46. The molecule has 1 aromatic rings. The number of benzene rings is 1. The number of halogens is 5. The van der Waals surface area contributed by atoms with Gasteiger partial charge in [0, 0.05) is 36.8 Å². The second-order valence-electron chi connectivity index (χ2n) is 4.65. The minimum absolute atomic E-state index is 0.0407. The van der Waals surface area contributed by atoms with E-state index in [2.05, 4.69) is 5.32 Å². The van der Waals surface area contributed by atoms with Gasteiger partial charge in [0.2, 0.25) is 0 Å². The second kappa shape index (κ2) is 6.28. The largest absolute Gasteiger partial charge is 0.416 e. The van der Waals surface area contributed by atoms with Crippen LogP contribution in [-0.2, 0) is 6.18 Å². The Balaban J connectivity index is 2.42. The third kappa shape index (κ3) is 3.24. The van der Waals surface area contributed by atoms with Gasteiger partial charge in [-0.1, -0.05) is 17.7 Å². The Kier molecular flexibility index (Phi) is 4.88. The van der Waals surface area contributed by atoms with Crippen molar-refractivity contribution < 1.29 is 17.6 Å². The minimum atomic E-state index is -4.54. The molecule has 1 saturated heterocycles. The first-order valence-electron chi connectivity index (χ1n) is 6.31. The zero-order valence-corrected chi connectivity index (χ0v) is 11.4. The van der Waals surface area contributed by atoms with Crippen LogP contribution in [0.15, 0.2) is 18.2 Å². The van der Waals surface area contributed by atoms with Gasteiger partial charge in [-0.2, -0.15) is 13.2 Å². The van der Waals surface area contributed by atoms with Gasteiger partial charge in [-0.3, -0.25) is 4.90 Å². The molecule has 7 heteroatoms. The number of piperazine rings is 1. The fraction of sp³-hybridized carbons (Fsp3) is 0.538. The van der Waals surface area contributed by atoms with E-state index in [1.54, 1.807) is 4.90 Å². The summed E-state index contributed by atoms with van der Waals surface area (Å²) in [4.78, 5) is 1.70. The maximum atomic E-state index is 13.4. The summed E-state index contributed by atoms with van der Waals surface area (Å²) in [5.74, 6) is 0. The molecular formula is C13H15ClF4N2. The first-order chi connectivity index (χ1) is 9.45. The van der Waals surface area contributed by atoms with Crippen LogP contribution >= 0.6 is 11.6 Å². The first-order valence-corrected chi connectivity index (χ1v) is 6.69. The van der Waals surface area contributed by atoms with Crippen LogP contribution in [0.25, 0.3) is 0 Å². The molecule has 1 aliphatic rings.